The van der Waals surface area contributed by atoms with Crippen molar-refractivity contribution in [2.75, 3.05) is 11.9 Å². The van der Waals surface area contributed by atoms with Crippen molar-refractivity contribution in [2.45, 2.75) is 43.7 Å². The van der Waals surface area contributed by atoms with E-state index in [1.165, 1.54) is 11.3 Å². The van der Waals surface area contributed by atoms with E-state index in [1.807, 2.05) is 24.3 Å². The van der Waals surface area contributed by atoms with Gasteiger partial charge in [-0.1, -0.05) is 37.5 Å². The minimum Gasteiger partial charge on any atom is -0.324 e. The van der Waals surface area contributed by atoms with Crippen LogP contribution in [0.1, 0.15) is 37.7 Å². The average molecular weight is 339 g/mol. The highest BCUT2D eigenvalue weighted by molar-refractivity contribution is 6.15. The number of nitrogens with zero attached hydrogens (tertiary/aromatic N) is 1. The zero-order valence-electron chi connectivity index (χ0n) is 14.0. The van der Waals surface area contributed by atoms with E-state index in [1.54, 1.807) is 0 Å². The molecule has 3 amide bonds. The largest absolute Gasteiger partial charge is 0.324 e. The average Bonchev–Trinajstić information content (AvgIpc) is 3.24. The molecule has 3 fully saturated rings. The molecule has 3 atom stereocenters. The summed E-state index contributed by atoms with van der Waals surface area (Å²) in [4.78, 5) is 40.7. The van der Waals surface area contributed by atoms with E-state index in [9.17, 15) is 14.4 Å². The molecule has 2 N–H and O–H groups in total. The summed E-state index contributed by atoms with van der Waals surface area (Å²) >= 11 is 0. The number of carbonyl (C=O) groups excluding carboxylic acids is 3. The normalized spacial score (nSPS) is 34.6. The standard InChI is InChI=1S/C19H21N3O3/c23-16-12-10-20-19(13-8-4-5-9-14(13)21-18(19)25)15(12)17(24)22(16)11-6-2-1-3-7-11/h4-5,8-9,11-12,15,20H,1-3,6-7,10H2,(H,21,25)/t12-,15-,19+/m1/s1. The summed E-state index contributed by atoms with van der Waals surface area (Å²) in [6.45, 7) is 0.375. The second-order valence-electron chi connectivity index (χ2n) is 7.61. The van der Waals surface area contributed by atoms with Gasteiger partial charge in [-0.3, -0.25) is 24.6 Å². The van der Waals surface area contributed by atoms with Gasteiger partial charge in [-0.05, 0) is 18.9 Å². The lowest BCUT2D eigenvalue weighted by atomic mass is 9.77. The van der Waals surface area contributed by atoms with Crippen molar-refractivity contribution in [3.63, 3.8) is 0 Å². The number of likely N-dealkylation sites (tertiary alicyclic amines) is 1. The summed E-state index contributed by atoms with van der Waals surface area (Å²) in [5, 5.41) is 6.13. The molecular weight excluding hydrogens is 318 g/mol. The maximum atomic E-state index is 13.3. The molecule has 1 aromatic rings. The number of hydrogen-bond acceptors (Lipinski definition) is 4. The van der Waals surface area contributed by atoms with Crippen molar-refractivity contribution in [3.05, 3.63) is 29.8 Å². The number of nitrogens with one attached hydrogen (secondary N) is 2. The van der Waals surface area contributed by atoms with Crippen LogP contribution in [-0.2, 0) is 19.9 Å². The van der Waals surface area contributed by atoms with Gasteiger partial charge in [-0.25, -0.2) is 0 Å². The smallest absolute Gasteiger partial charge is 0.250 e. The van der Waals surface area contributed by atoms with Crippen LogP contribution in [0.4, 0.5) is 5.69 Å². The zero-order chi connectivity index (χ0) is 17.2. The van der Waals surface area contributed by atoms with Crippen molar-refractivity contribution in [1.82, 2.24) is 10.2 Å². The molecule has 3 aliphatic heterocycles. The van der Waals surface area contributed by atoms with Gasteiger partial charge in [0.2, 0.25) is 17.7 Å². The zero-order valence-corrected chi connectivity index (χ0v) is 14.0. The molecule has 1 aliphatic carbocycles. The van der Waals surface area contributed by atoms with E-state index in [2.05, 4.69) is 10.6 Å². The van der Waals surface area contributed by atoms with Crippen LogP contribution in [-0.4, -0.2) is 35.2 Å². The molecule has 25 heavy (non-hydrogen) atoms. The van der Waals surface area contributed by atoms with Crippen LogP contribution in [0.2, 0.25) is 0 Å². The van der Waals surface area contributed by atoms with E-state index in [-0.39, 0.29) is 23.8 Å². The van der Waals surface area contributed by atoms with Gasteiger partial charge >= 0.3 is 0 Å². The van der Waals surface area contributed by atoms with E-state index < -0.39 is 17.4 Å². The monoisotopic (exact) mass is 339 g/mol. The van der Waals surface area contributed by atoms with Gasteiger partial charge in [0.25, 0.3) is 0 Å². The fourth-order valence-corrected chi connectivity index (χ4v) is 5.29. The van der Waals surface area contributed by atoms with Crippen LogP contribution in [0, 0.1) is 11.8 Å². The van der Waals surface area contributed by atoms with Crippen LogP contribution in [0.25, 0.3) is 0 Å². The highest BCUT2D eigenvalue weighted by Crippen LogP contribution is 2.51. The Balaban J connectivity index is 1.57. The van der Waals surface area contributed by atoms with Crippen LogP contribution in [0.5, 0.6) is 0 Å². The van der Waals surface area contributed by atoms with E-state index >= 15 is 0 Å². The van der Waals surface area contributed by atoms with Crippen LogP contribution in [0.3, 0.4) is 0 Å². The second kappa shape index (κ2) is 5.14. The van der Waals surface area contributed by atoms with E-state index in [0.717, 1.165) is 36.9 Å². The van der Waals surface area contributed by atoms with Gasteiger partial charge in [0.05, 0.1) is 11.8 Å². The number of fused-ring (bicyclic) bond motifs is 4. The summed E-state index contributed by atoms with van der Waals surface area (Å²) in [6.07, 6.45) is 5.06. The SMILES string of the molecule is O=C1[C@@H]2CN[C@]3(C(=O)Nc4ccccc43)[C@H]2C(=O)N1C1CCCCC1. The molecule has 1 aromatic carbocycles. The molecule has 1 saturated carbocycles. The Hall–Kier alpha value is -2.21. The molecule has 130 valence electrons. The Kier molecular flexibility index (Phi) is 3.10. The fraction of sp³-hybridized carbons (Fsp3) is 0.526. The molecule has 0 radical (unpaired) electrons. The minimum absolute atomic E-state index is 0.0103. The number of anilines is 1. The lowest BCUT2D eigenvalue weighted by Crippen LogP contribution is -2.53. The fourth-order valence-electron chi connectivity index (χ4n) is 5.29. The Morgan fingerprint density at radius 1 is 1.00 bits per heavy atom. The summed E-state index contributed by atoms with van der Waals surface area (Å²) in [6, 6.07) is 7.47. The first-order valence-electron chi connectivity index (χ1n) is 9.17. The molecule has 1 spiro atoms. The third kappa shape index (κ3) is 1.80. The first-order chi connectivity index (χ1) is 12.1. The van der Waals surface area contributed by atoms with Crippen molar-refractivity contribution < 1.29 is 14.4 Å². The van der Waals surface area contributed by atoms with E-state index in [4.69, 9.17) is 0 Å². The van der Waals surface area contributed by atoms with Crippen molar-refractivity contribution in [2.24, 2.45) is 11.8 Å². The summed E-state index contributed by atoms with van der Waals surface area (Å²) < 4.78 is 0. The molecule has 0 bridgehead atoms. The van der Waals surface area contributed by atoms with E-state index in [0.29, 0.717) is 6.54 Å². The molecule has 3 heterocycles. The van der Waals surface area contributed by atoms with Gasteiger partial charge in [-0.15, -0.1) is 0 Å². The number of carbonyl (C=O) groups is 3. The molecule has 0 aromatic heterocycles. The van der Waals surface area contributed by atoms with Crippen molar-refractivity contribution in [3.8, 4) is 0 Å². The molecular formula is C19H21N3O3. The van der Waals surface area contributed by atoms with Gasteiger partial charge in [-0.2, -0.15) is 0 Å². The van der Waals surface area contributed by atoms with Crippen molar-refractivity contribution >= 4 is 23.4 Å². The first-order valence-corrected chi connectivity index (χ1v) is 9.17. The molecule has 2 saturated heterocycles. The number of amides is 3. The molecule has 4 aliphatic rings. The minimum atomic E-state index is -1.10. The third-order valence-corrected chi connectivity index (χ3v) is 6.43. The number of hydrogen-bond donors (Lipinski definition) is 2. The van der Waals surface area contributed by atoms with Gasteiger partial charge in [0, 0.05) is 23.8 Å². The lowest BCUT2D eigenvalue weighted by molar-refractivity contribution is -0.145. The summed E-state index contributed by atoms with van der Waals surface area (Å²) in [7, 11) is 0. The number of imide groups is 1. The quantitative estimate of drug-likeness (QED) is 0.758. The highest BCUT2D eigenvalue weighted by atomic mass is 16.2. The predicted molar refractivity (Wildman–Crippen MR) is 90.5 cm³/mol. The Labute approximate surface area is 145 Å². The number of para-hydroxylation sites is 1. The molecule has 6 nitrogen and oxygen atoms in total. The maximum absolute atomic E-state index is 13.3. The molecule has 6 heteroatoms. The maximum Gasteiger partial charge on any atom is 0.250 e. The van der Waals surface area contributed by atoms with Crippen LogP contribution >= 0.6 is 0 Å². The summed E-state index contributed by atoms with van der Waals surface area (Å²) in [5.41, 5.74) is 0.424. The second-order valence-corrected chi connectivity index (χ2v) is 7.61. The first kappa shape index (κ1) is 15.1. The molecule has 0 unspecified atom stereocenters. The lowest BCUT2D eigenvalue weighted by Gasteiger charge is -2.33. The predicted octanol–water partition coefficient (Wildman–Crippen LogP) is 1.37. The van der Waals surface area contributed by atoms with Gasteiger partial charge in [0.15, 0.2) is 0 Å². The third-order valence-electron chi connectivity index (χ3n) is 6.43. The number of benzene rings is 1. The molecule has 5 rings (SSSR count). The van der Waals surface area contributed by atoms with Gasteiger partial charge < -0.3 is 5.32 Å². The Bertz CT molecular complexity index is 786. The van der Waals surface area contributed by atoms with Crippen LogP contribution < -0.4 is 10.6 Å². The Morgan fingerprint density at radius 3 is 2.56 bits per heavy atom. The highest BCUT2D eigenvalue weighted by Gasteiger charge is 2.68. The van der Waals surface area contributed by atoms with Crippen molar-refractivity contribution in [1.29, 1.82) is 0 Å². The Morgan fingerprint density at radius 2 is 1.76 bits per heavy atom. The van der Waals surface area contributed by atoms with Crippen LogP contribution in [0.15, 0.2) is 24.3 Å². The summed E-state index contributed by atoms with van der Waals surface area (Å²) in [5.74, 6) is -1.55. The topological polar surface area (TPSA) is 78.5 Å². The number of rotatable bonds is 1. The van der Waals surface area contributed by atoms with Gasteiger partial charge in [0.1, 0.15) is 5.54 Å².